The predicted molar refractivity (Wildman–Crippen MR) is 118 cm³/mol. The molecule has 3 aromatic rings. The van der Waals surface area contributed by atoms with Crippen LogP contribution in [0.15, 0.2) is 40.9 Å². The lowest BCUT2D eigenvalue weighted by Crippen LogP contribution is -2.14. The van der Waals surface area contributed by atoms with Gasteiger partial charge in [0.1, 0.15) is 0 Å². The van der Waals surface area contributed by atoms with E-state index in [1.165, 1.54) is 0 Å². The summed E-state index contributed by atoms with van der Waals surface area (Å²) in [6.45, 7) is 7.16. The summed E-state index contributed by atoms with van der Waals surface area (Å²) in [6, 6.07) is 10.8. The topological polar surface area (TPSA) is 86.5 Å². The molecule has 162 valence electrons. The molecule has 2 aromatic carbocycles. The Morgan fingerprint density at radius 1 is 1.13 bits per heavy atom. The summed E-state index contributed by atoms with van der Waals surface area (Å²) in [6.07, 6.45) is 0.954. The molecular weight excluding hydrogens is 418 g/mol. The van der Waals surface area contributed by atoms with Crippen molar-refractivity contribution in [3.8, 4) is 22.9 Å². The number of hydrogen-bond acceptors (Lipinski definition) is 6. The molecule has 1 amide bonds. The summed E-state index contributed by atoms with van der Waals surface area (Å²) < 4.78 is 16.7. The highest BCUT2D eigenvalue weighted by Gasteiger charge is 2.22. The van der Waals surface area contributed by atoms with Gasteiger partial charge in [-0.25, -0.2) is 0 Å². The van der Waals surface area contributed by atoms with Crippen molar-refractivity contribution in [2.75, 3.05) is 18.5 Å². The van der Waals surface area contributed by atoms with E-state index < -0.39 is 0 Å². The smallest absolute Gasteiger partial charge is 0.232 e. The number of ether oxygens (including phenoxy) is 2. The number of hydrogen-bond donors (Lipinski definition) is 1. The lowest BCUT2D eigenvalue weighted by Gasteiger charge is -2.12. The van der Waals surface area contributed by atoms with E-state index in [0.29, 0.717) is 47.1 Å². The molecule has 31 heavy (non-hydrogen) atoms. The summed E-state index contributed by atoms with van der Waals surface area (Å²) >= 11 is 6.31. The Labute approximate surface area is 185 Å². The molecule has 0 spiro atoms. The van der Waals surface area contributed by atoms with Gasteiger partial charge >= 0.3 is 0 Å². The number of carbonyl (C=O) groups is 1. The van der Waals surface area contributed by atoms with Crippen LogP contribution in [0.3, 0.4) is 0 Å². The Hall–Kier alpha value is -3.06. The third-order valence-electron chi connectivity index (χ3n) is 4.72. The molecular formula is C23H24ClN3O4. The second kappa shape index (κ2) is 8.59. The predicted octanol–water partition coefficient (Wildman–Crippen LogP) is 5.03. The average Bonchev–Trinajstić information content (AvgIpc) is 3.09. The van der Waals surface area contributed by atoms with Gasteiger partial charge in [-0.05, 0) is 42.0 Å². The van der Waals surface area contributed by atoms with Crippen molar-refractivity contribution < 1.29 is 18.8 Å². The fraction of sp³-hybridized carbons (Fsp3) is 0.348. The van der Waals surface area contributed by atoms with Gasteiger partial charge in [0.2, 0.25) is 17.6 Å². The second-order valence-electron chi connectivity index (χ2n) is 8.43. The number of halogens is 1. The van der Waals surface area contributed by atoms with Crippen LogP contribution in [0.4, 0.5) is 5.69 Å². The van der Waals surface area contributed by atoms with Crippen LogP contribution in [0.25, 0.3) is 11.4 Å². The minimum Gasteiger partial charge on any atom is -0.489 e. The van der Waals surface area contributed by atoms with Crippen LogP contribution in [0.2, 0.25) is 5.02 Å². The Bertz CT molecular complexity index is 1090. The lowest BCUT2D eigenvalue weighted by atomic mass is 9.97. The number of benzene rings is 2. The van der Waals surface area contributed by atoms with Gasteiger partial charge in [-0.3, -0.25) is 4.79 Å². The summed E-state index contributed by atoms with van der Waals surface area (Å²) in [5, 5.41) is 7.38. The summed E-state index contributed by atoms with van der Waals surface area (Å²) in [7, 11) is 0. The number of aromatic nitrogens is 2. The number of fused-ring (bicyclic) bond motifs is 1. The van der Waals surface area contributed by atoms with Crippen LogP contribution < -0.4 is 14.8 Å². The number of nitrogens with one attached hydrogen (secondary N) is 1. The molecule has 1 aliphatic rings. The molecule has 1 N–H and O–H groups in total. The fourth-order valence-electron chi connectivity index (χ4n) is 3.12. The van der Waals surface area contributed by atoms with E-state index in [4.69, 9.17) is 25.6 Å². The molecule has 0 unspecified atom stereocenters. The summed E-state index contributed by atoms with van der Waals surface area (Å²) in [4.78, 5) is 17.0. The molecule has 0 saturated carbocycles. The number of nitrogens with zero attached hydrogens (tertiary/aromatic N) is 2. The quantitative estimate of drug-likeness (QED) is 0.611. The Balaban J connectivity index is 1.42. The van der Waals surface area contributed by atoms with Crippen molar-refractivity contribution in [2.24, 2.45) is 0 Å². The Morgan fingerprint density at radius 3 is 2.58 bits per heavy atom. The van der Waals surface area contributed by atoms with Crippen molar-refractivity contribution in [1.82, 2.24) is 10.1 Å². The first-order chi connectivity index (χ1) is 14.8. The van der Waals surface area contributed by atoms with Crippen molar-refractivity contribution in [2.45, 2.75) is 39.0 Å². The van der Waals surface area contributed by atoms with Gasteiger partial charge in [0, 0.05) is 23.1 Å². The van der Waals surface area contributed by atoms with E-state index in [9.17, 15) is 4.79 Å². The zero-order chi connectivity index (χ0) is 22.0. The number of carbonyl (C=O) groups excluding carboxylic acids is 1. The molecule has 4 rings (SSSR count). The van der Waals surface area contributed by atoms with E-state index in [-0.39, 0.29) is 17.7 Å². The maximum Gasteiger partial charge on any atom is 0.232 e. The molecule has 0 atom stereocenters. The number of amides is 1. The van der Waals surface area contributed by atoms with Crippen LogP contribution in [-0.4, -0.2) is 29.3 Å². The van der Waals surface area contributed by atoms with Crippen molar-refractivity contribution >= 4 is 23.2 Å². The third-order valence-corrected chi connectivity index (χ3v) is 5.00. The zero-order valence-electron chi connectivity index (χ0n) is 17.7. The second-order valence-corrected chi connectivity index (χ2v) is 8.84. The lowest BCUT2D eigenvalue weighted by molar-refractivity contribution is -0.115. The van der Waals surface area contributed by atoms with E-state index in [0.717, 1.165) is 17.5 Å². The minimum atomic E-state index is -0.213. The van der Waals surface area contributed by atoms with E-state index in [2.05, 4.69) is 15.5 Å². The largest absolute Gasteiger partial charge is 0.489 e. The standard InChI is InChI=1S/C23H24ClN3O4/c1-23(2,3)22-26-21(27-31-22)15-5-7-16(8-6-15)25-19(28)13-14-11-17(24)20-18(12-14)29-9-4-10-30-20/h5-8,11-12H,4,9-10,13H2,1-3H3,(H,25,28). The van der Waals surface area contributed by atoms with Crippen LogP contribution in [0.5, 0.6) is 11.5 Å². The molecule has 1 aliphatic heterocycles. The van der Waals surface area contributed by atoms with Crippen LogP contribution in [0.1, 0.15) is 38.6 Å². The Kier molecular flexibility index (Phi) is 5.87. The highest BCUT2D eigenvalue weighted by Crippen LogP contribution is 2.38. The van der Waals surface area contributed by atoms with Crippen molar-refractivity contribution in [3.63, 3.8) is 0 Å². The minimum absolute atomic E-state index is 0.159. The van der Waals surface area contributed by atoms with Gasteiger partial charge in [0.05, 0.1) is 24.7 Å². The van der Waals surface area contributed by atoms with Gasteiger partial charge in [0.15, 0.2) is 11.5 Å². The SMILES string of the molecule is CC(C)(C)c1nc(-c2ccc(NC(=O)Cc3cc(Cl)c4c(c3)OCCCO4)cc2)no1. The normalized spacial score (nSPS) is 13.5. The van der Waals surface area contributed by atoms with E-state index in [1.54, 1.807) is 24.3 Å². The highest BCUT2D eigenvalue weighted by atomic mass is 35.5. The van der Waals surface area contributed by atoms with E-state index in [1.807, 2.05) is 32.9 Å². The molecule has 1 aromatic heterocycles. The monoisotopic (exact) mass is 441 g/mol. The maximum absolute atomic E-state index is 12.5. The first kappa shape index (κ1) is 21.2. The molecule has 7 nitrogen and oxygen atoms in total. The van der Waals surface area contributed by atoms with Crippen LogP contribution >= 0.6 is 11.6 Å². The van der Waals surface area contributed by atoms with Crippen LogP contribution in [0, 0.1) is 0 Å². The number of rotatable bonds is 4. The molecule has 0 aliphatic carbocycles. The van der Waals surface area contributed by atoms with E-state index >= 15 is 0 Å². The fourth-order valence-corrected chi connectivity index (χ4v) is 3.41. The molecule has 8 heteroatoms. The molecule has 2 heterocycles. The van der Waals surface area contributed by atoms with Crippen molar-refractivity contribution in [3.05, 3.63) is 52.9 Å². The van der Waals surface area contributed by atoms with Gasteiger partial charge < -0.3 is 19.3 Å². The first-order valence-corrected chi connectivity index (χ1v) is 10.5. The summed E-state index contributed by atoms with van der Waals surface area (Å²) in [5.41, 5.74) is 2.03. The summed E-state index contributed by atoms with van der Waals surface area (Å²) in [5.74, 6) is 2.05. The zero-order valence-corrected chi connectivity index (χ0v) is 18.5. The van der Waals surface area contributed by atoms with Gasteiger partial charge in [-0.2, -0.15) is 4.98 Å². The van der Waals surface area contributed by atoms with Crippen LogP contribution in [-0.2, 0) is 16.6 Å². The molecule has 0 saturated heterocycles. The molecule has 0 radical (unpaired) electrons. The number of anilines is 1. The van der Waals surface area contributed by atoms with Gasteiger partial charge in [0.25, 0.3) is 0 Å². The average molecular weight is 442 g/mol. The van der Waals surface area contributed by atoms with Gasteiger partial charge in [-0.1, -0.05) is 37.5 Å². The highest BCUT2D eigenvalue weighted by molar-refractivity contribution is 6.32. The first-order valence-electron chi connectivity index (χ1n) is 10.1. The van der Waals surface area contributed by atoms with Crippen molar-refractivity contribution in [1.29, 1.82) is 0 Å². The molecule has 0 fully saturated rings. The third kappa shape index (κ3) is 4.99. The Morgan fingerprint density at radius 2 is 1.87 bits per heavy atom. The van der Waals surface area contributed by atoms with Gasteiger partial charge in [-0.15, -0.1) is 0 Å². The molecule has 0 bridgehead atoms. The maximum atomic E-state index is 12.5.